The standard InChI is InChI=1S/C11H16N2O2/c1-12-5-4-10(8-12)13-6-3-9(7-13)11(14)15-2/h3,6-7,10H,4-5,8H2,1-2H3. The van der Waals surface area contributed by atoms with Gasteiger partial charge < -0.3 is 14.2 Å². The highest BCUT2D eigenvalue weighted by Gasteiger charge is 2.21. The minimum atomic E-state index is -0.264. The first-order valence-electron chi connectivity index (χ1n) is 5.15. The molecule has 82 valence electrons. The Labute approximate surface area is 89.4 Å². The SMILES string of the molecule is COC(=O)c1ccn(C2CCN(C)C2)c1. The van der Waals surface area contributed by atoms with Gasteiger partial charge in [-0.3, -0.25) is 0 Å². The quantitative estimate of drug-likeness (QED) is 0.684. The number of esters is 1. The second-order valence-electron chi connectivity index (χ2n) is 4.04. The summed E-state index contributed by atoms with van der Waals surface area (Å²) in [5, 5.41) is 0. The Bertz CT molecular complexity index is 359. The Morgan fingerprint density at radius 2 is 2.40 bits per heavy atom. The third-order valence-corrected chi connectivity index (χ3v) is 2.92. The van der Waals surface area contributed by atoms with E-state index in [4.69, 9.17) is 0 Å². The summed E-state index contributed by atoms with van der Waals surface area (Å²) in [6, 6.07) is 2.30. The molecule has 15 heavy (non-hydrogen) atoms. The largest absolute Gasteiger partial charge is 0.465 e. The Morgan fingerprint density at radius 3 is 3.00 bits per heavy atom. The second kappa shape index (κ2) is 4.06. The summed E-state index contributed by atoms with van der Waals surface area (Å²) < 4.78 is 6.78. The maximum atomic E-state index is 11.3. The maximum absolute atomic E-state index is 11.3. The fraction of sp³-hybridized carbons (Fsp3) is 0.545. The first kappa shape index (κ1) is 10.2. The summed E-state index contributed by atoms with van der Waals surface area (Å²) in [7, 11) is 3.52. The van der Waals surface area contributed by atoms with Gasteiger partial charge in [-0.25, -0.2) is 4.79 Å². The molecule has 2 heterocycles. The van der Waals surface area contributed by atoms with Gasteiger partial charge in [0.1, 0.15) is 0 Å². The number of methoxy groups -OCH3 is 1. The van der Waals surface area contributed by atoms with E-state index in [1.165, 1.54) is 7.11 Å². The van der Waals surface area contributed by atoms with Crippen LogP contribution in [-0.2, 0) is 4.74 Å². The second-order valence-corrected chi connectivity index (χ2v) is 4.04. The van der Waals surface area contributed by atoms with Crippen LogP contribution in [0.1, 0.15) is 22.8 Å². The highest BCUT2D eigenvalue weighted by molar-refractivity contribution is 5.89. The molecule has 0 radical (unpaired) electrons. The Balaban J connectivity index is 2.10. The molecular weight excluding hydrogens is 192 g/mol. The van der Waals surface area contributed by atoms with Crippen molar-refractivity contribution in [3.05, 3.63) is 24.0 Å². The van der Waals surface area contributed by atoms with Crippen molar-refractivity contribution in [1.82, 2.24) is 9.47 Å². The fourth-order valence-corrected chi connectivity index (χ4v) is 2.03. The molecule has 1 aliphatic heterocycles. The van der Waals surface area contributed by atoms with E-state index in [-0.39, 0.29) is 5.97 Å². The highest BCUT2D eigenvalue weighted by atomic mass is 16.5. The molecule has 0 bridgehead atoms. The molecule has 1 saturated heterocycles. The third-order valence-electron chi connectivity index (χ3n) is 2.92. The Hall–Kier alpha value is -1.29. The lowest BCUT2D eigenvalue weighted by molar-refractivity contribution is 0.0600. The van der Waals surface area contributed by atoms with Gasteiger partial charge in [0.25, 0.3) is 0 Å². The number of hydrogen-bond acceptors (Lipinski definition) is 3. The monoisotopic (exact) mass is 208 g/mol. The molecule has 1 aromatic heterocycles. The van der Waals surface area contributed by atoms with Crippen molar-refractivity contribution < 1.29 is 9.53 Å². The van der Waals surface area contributed by atoms with Crippen molar-refractivity contribution in [3.63, 3.8) is 0 Å². The number of hydrogen-bond donors (Lipinski definition) is 0. The summed E-state index contributed by atoms with van der Waals surface area (Å²) in [6.07, 6.45) is 4.97. The number of likely N-dealkylation sites (N-methyl/N-ethyl adjacent to an activating group) is 1. The molecule has 1 unspecified atom stereocenters. The number of carbonyl (C=O) groups is 1. The smallest absolute Gasteiger partial charge is 0.339 e. The van der Waals surface area contributed by atoms with Crippen molar-refractivity contribution in [3.8, 4) is 0 Å². The number of rotatable bonds is 2. The summed E-state index contributed by atoms with van der Waals surface area (Å²) in [6.45, 7) is 2.17. The lowest BCUT2D eigenvalue weighted by Crippen LogP contribution is -2.15. The van der Waals surface area contributed by atoms with Crippen LogP contribution in [0, 0.1) is 0 Å². The zero-order valence-electron chi connectivity index (χ0n) is 9.14. The van der Waals surface area contributed by atoms with Crippen LogP contribution >= 0.6 is 0 Å². The molecule has 1 aliphatic rings. The van der Waals surface area contributed by atoms with E-state index in [1.54, 1.807) is 0 Å². The number of ether oxygens (including phenoxy) is 1. The molecule has 1 aromatic rings. The summed E-state index contributed by atoms with van der Waals surface area (Å²) in [5.74, 6) is -0.264. The van der Waals surface area contributed by atoms with Gasteiger partial charge in [-0.15, -0.1) is 0 Å². The molecule has 1 atom stereocenters. The van der Waals surface area contributed by atoms with Crippen LogP contribution in [0.3, 0.4) is 0 Å². The topological polar surface area (TPSA) is 34.5 Å². The van der Waals surface area contributed by atoms with Gasteiger partial charge >= 0.3 is 5.97 Å². The van der Waals surface area contributed by atoms with E-state index in [0.29, 0.717) is 11.6 Å². The summed E-state index contributed by atoms with van der Waals surface area (Å²) in [4.78, 5) is 13.6. The zero-order valence-corrected chi connectivity index (χ0v) is 9.14. The van der Waals surface area contributed by atoms with Crippen molar-refractivity contribution in [1.29, 1.82) is 0 Å². The predicted molar refractivity (Wildman–Crippen MR) is 56.9 cm³/mol. The van der Waals surface area contributed by atoms with Gasteiger partial charge in [0.05, 0.1) is 12.7 Å². The van der Waals surface area contributed by atoms with Crippen LogP contribution in [0.2, 0.25) is 0 Å². The number of nitrogens with zero attached hydrogens (tertiary/aromatic N) is 2. The molecule has 0 aromatic carbocycles. The van der Waals surface area contributed by atoms with Crippen molar-refractivity contribution in [2.75, 3.05) is 27.2 Å². The van der Waals surface area contributed by atoms with Crippen LogP contribution in [0.5, 0.6) is 0 Å². The minimum Gasteiger partial charge on any atom is -0.465 e. The molecule has 4 heteroatoms. The molecule has 0 amide bonds. The van der Waals surface area contributed by atoms with Gasteiger partial charge in [-0.2, -0.15) is 0 Å². The predicted octanol–water partition coefficient (Wildman–Crippen LogP) is 1.15. The van der Waals surface area contributed by atoms with Gasteiger partial charge in [-0.1, -0.05) is 0 Å². The number of likely N-dealkylation sites (tertiary alicyclic amines) is 1. The van der Waals surface area contributed by atoms with Crippen LogP contribution in [-0.4, -0.2) is 42.7 Å². The maximum Gasteiger partial charge on any atom is 0.339 e. The van der Waals surface area contributed by atoms with E-state index in [0.717, 1.165) is 19.5 Å². The normalized spacial score (nSPS) is 21.9. The summed E-state index contributed by atoms with van der Waals surface area (Å²) >= 11 is 0. The van der Waals surface area contributed by atoms with E-state index < -0.39 is 0 Å². The molecule has 0 aliphatic carbocycles. The number of aromatic nitrogens is 1. The molecule has 4 nitrogen and oxygen atoms in total. The molecular formula is C11H16N2O2. The lowest BCUT2D eigenvalue weighted by Gasteiger charge is -2.11. The van der Waals surface area contributed by atoms with Crippen LogP contribution < -0.4 is 0 Å². The van der Waals surface area contributed by atoms with Crippen LogP contribution in [0.25, 0.3) is 0 Å². The molecule has 0 spiro atoms. The molecule has 2 rings (SSSR count). The molecule has 0 saturated carbocycles. The molecule has 0 N–H and O–H groups in total. The average molecular weight is 208 g/mol. The van der Waals surface area contributed by atoms with E-state index in [1.807, 2.05) is 18.5 Å². The van der Waals surface area contributed by atoms with Gasteiger partial charge in [-0.05, 0) is 26.1 Å². The zero-order chi connectivity index (χ0) is 10.8. The highest BCUT2D eigenvalue weighted by Crippen LogP contribution is 2.21. The van der Waals surface area contributed by atoms with Crippen molar-refractivity contribution in [2.24, 2.45) is 0 Å². The average Bonchev–Trinajstić information content (AvgIpc) is 2.84. The molecule has 1 fully saturated rings. The van der Waals surface area contributed by atoms with Crippen LogP contribution in [0.4, 0.5) is 0 Å². The van der Waals surface area contributed by atoms with E-state index in [9.17, 15) is 4.79 Å². The van der Waals surface area contributed by atoms with E-state index >= 15 is 0 Å². The first-order valence-corrected chi connectivity index (χ1v) is 5.15. The fourth-order valence-electron chi connectivity index (χ4n) is 2.03. The van der Waals surface area contributed by atoms with Crippen molar-refractivity contribution in [2.45, 2.75) is 12.5 Å². The van der Waals surface area contributed by atoms with E-state index in [2.05, 4.69) is 21.3 Å². The first-order chi connectivity index (χ1) is 7.20. The van der Waals surface area contributed by atoms with Gasteiger partial charge in [0.15, 0.2) is 0 Å². The van der Waals surface area contributed by atoms with Gasteiger partial charge in [0, 0.05) is 25.0 Å². The van der Waals surface area contributed by atoms with Gasteiger partial charge in [0.2, 0.25) is 0 Å². The lowest BCUT2D eigenvalue weighted by atomic mass is 10.2. The number of carbonyl (C=O) groups excluding carboxylic acids is 1. The summed E-state index contributed by atoms with van der Waals surface area (Å²) in [5.41, 5.74) is 0.632. The Kier molecular flexibility index (Phi) is 2.77. The van der Waals surface area contributed by atoms with Crippen molar-refractivity contribution >= 4 is 5.97 Å². The third kappa shape index (κ3) is 2.04. The van der Waals surface area contributed by atoms with Crippen LogP contribution in [0.15, 0.2) is 18.5 Å². The Morgan fingerprint density at radius 1 is 1.60 bits per heavy atom. The minimum absolute atomic E-state index is 0.264.